The van der Waals surface area contributed by atoms with Gasteiger partial charge in [-0.15, -0.1) is 0 Å². The van der Waals surface area contributed by atoms with Crippen LogP contribution < -0.4 is 11.0 Å². The van der Waals surface area contributed by atoms with E-state index in [2.05, 4.69) is 0 Å². The van der Waals surface area contributed by atoms with Gasteiger partial charge < -0.3 is 21.4 Å². The van der Waals surface area contributed by atoms with Crippen molar-refractivity contribution in [3.8, 4) is 0 Å². The minimum Gasteiger partial charge on any atom is -0.628 e. The van der Waals surface area contributed by atoms with Crippen LogP contribution in [-0.4, -0.2) is 0 Å². The first kappa shape index (κ1) is 9.57. The van der Waals surface area contributed by atoms with Crippen LogP contribution in [0, 0.1) is 10.4 Å². The number of rotatable bonds is 1. The van der Waals surface area contributed by atoms with Gasteiger partial charge in [-0.3, -0.25) is 0 Å². The van der Waals surface area contributed by atoms with Crippen LogP contribution in [0.15, 0.2) is 12.1 Å². The van der Waals surface area contributed by atoms with Gasteiger partial charge in [-0.2, -0.15) is 0 Å². The van der Waals surface area contributed by atoms with Crippen molar-refractivity contribution >= 4 is 34.6 Å². The summed E-state index contributed by atoms with van der Waals surface area (Å²) in [5.74, 6) is 0. The Morgan fingerprint density at radius 3 is 2.17 bits per heavy atom. The number of nitrogen functional groups attached to an aromatic ring is 1. The molecular formula is C6H5Cl2N2O2-. The van der Waals surface area contributed by atoms with Gasteiger partial charge in [0.25, 0.3) is 0 Å². The predicted molar refractivity (Wildman–Crippen MR) is 48.2 cm³/mol. The van der Waals surface area contributed by atoms with Crippen molar-refractivity contribution < 1.29 is 5.23 Å². The van der Waals surface area contributed by atoms with E-state index in [9.17, 15) is 10.4 Å². The van der Waals surface area contributed by atoms with Crippen LogP contribution in [0.4, 0.5) is 11.4 Å². The molecule has 0 saturated carbocycles. The predicted octanol–water partition coefficient (Wildman–Crippen LogP) is 1.09. The first-order chi connectivity index (χ1) is 5.52. The molecule has 0 bridgehead atoms. The van der Waals surface area contributed by atoms with Crippen LogP contribution in [0.1, 0.15) is 0 Å². The third-order valence-corrected chi connectivity index (χ3v) is 2.03. The molecule has 1 aromatic rings. The van der Waals surface area contributed by atoms with Crippen LogP contribution in [0.25, 0.3) is 0 Å². The topological polar surface area (TPSA) is 76.6 Å². The molecule has 0 aliphatic heterocycles. The van der Waals surface area contributed by atoms with Crippen molar-refractivity contribution in [3.63, 3.8) is 0 Å². The van der Waals surface area contributed by atoms with Crippen LogP contribution in [0.2, 0.25) is 10.0 Å². The molecule has 4 nitrogen and oxygen atoms in total. The van der Waals surface area contributed by atoms with E-state index >= 15 is 0 Å². The van der Waals surface area contributed by atoms with Gasteiger partial charge in [-0.1, -0.05) is 23.2 Å². The second-order valence-corrected chi connectivity index (χ2v) is 2.96. The zero-order chi connectivity index (χ0) is 9.30. The lowest BCUT2D eigenvalue weighted by Gasteiger charge is -2.26. The number of hydrogen-bond donors (Lipinski definition) is 2. The summed E-state index contributed by atoms with van der Waals surface area (Å²) in [6.45, 7) is 0. The van der Waals surface area contributed by atoms with Crippen LogP contribution in [-0.2, 0) is 0 Å². The van der Waals surface area contributed by atoms with Crippen LogP contribution in [0.3, 0.4) is 0 Å². The lowest BCUT2D eigenvalue weighted by atomic mass is 10.3. The molecule has 6 heteroatoms. The Kier molecular flexibility index (Phi) is 2.76. The smallest absolute Gasteiger partial charge is 0.156 e. The van der Waals surface area contributed by atoms with E-state index in [1.54, 1.807) is 0 Å². The van der Waals surface area contributed by atoms with E-state index in [0.717, 1.165) is 6.07 Å². The highest BCUT2D eigenvalue weighted by Gasteiger charge is 2.06. The molecule has 0 amide bonds. The first-order valence-electron chi connectivity index (χ1n) is 2.98. The lowest BCUT2D eigenvalue weighted by molar-refractivity contribution is -0.714. The Bertz CT molecular complexity index is 304. The highest BCUT2D eigenvalue weighted by molar-refractivity contribution is 6.42. The van der Waals surface area contributed by atoms with E-state index < -0.39 is 5.23 Å². The van der Waals surface area contributed by atoms with Crippen molar-refractivity contribution in [2.24, 2.45) is 0 Å². The molecule has 66 valence electrons. The van der Waals surface area contributed by atoms with E-state index in [-0.39, 0.29) is 21.4 Å². The van der Waals surface area contributed by atoms with Gasteiger partial charge in [-0.25, -0.2) is 0 Å². The molecule has 1 rings (SSSR count). The molecule has 0 saturated heterocycles. The Labute approximate surface area is 78.6 Å². The van der Waals surface area contributed by atoms with Gasteiger partial charge in [0.1, 0.15) is 0 Å². The normalized spacial score (nSPS) is 10.8. The van der Waals surface area contributed by atoms with Crippen molar-refractivity contribution in [1.82, 2.24) is 0 Å². The molecule has 0 aliphatic rings. The number of nitrogens with two attached hydrogens (primary N) is 1. The summed E-state index contributed by atoms with van der Waals surface area (Å²) in [6.07, 6.45) is 0. The molecule has 0 aromatic heterocycles. The Balaban J connectivity index is 3.23. The third-order valence-electron chi connectivity index (χ3n) is 1.31. The minimum atomic E-state index is -1.37. The lowest BCUT2D eigenvalue weighted by Crippen LogP contribution is -2.96. The molecule has 0 fully saturated rings. The summed E-state index contributed by atoms with van der Waals surface area (Å²) in [7, 11) is 0. The minimum absolute atomic E-state index is 0.0457. The van der Waals surface area contributed by atoms with E-state index in [4.69, 9.17) is 28.9 Å². The summed E-state index contributed by atoms with van der Waals surface area (Å²) < 4.78 is 0. The highest BCUT2D eigenvalue weighted by Crippen LogP contribution is 2.28. The van der Waals surface area contributed by atoms with E-state index in [1.165, 1.54) is 6.07 Å². The van der Waals surface area contributed by atoms with Gasteiger partial charge in [0.05, 0.1) is 15.7 Å². The molecule has 3 N–H and O–H groups in total. The number of benzene rings is 1. The van der Waals surface area contributed by atoms with Crippen molar-refractivity contribution in [2.75, 3.05) is 5.73 Å². The molecule has 0 aliphatic carbocycles. The maximum Gasteiger partial charge on any atom is 0.156 e. The molecule has 0 unspecified atom stereocenters. The van der Waals surface area contributed by atoms with E-state index in [0.29, 0.717) is 0 Å². The molecule has 0 spiro atoms. The average molecular weight is 208 g/mol. The molecular weight excluding hydrogens is 203 g/mol. The summed E-state index contributed by atoms with van der Waals surface area (Å²) in [6, 6.07) is 2.43. The molecule has 12 heavy (non-hydrogen) atoms. The summed E-state index contributed by atoms with van der Waals surface area (Å²) in [5.41, 5.74) is 5.22. The number of halogens is 2. The Morgan fingerprint density at radius 1 is 1.17 bits per heavy atom. The number of anilines is 1. The molecule has 0 atom stereocenters. The second kappa shape index (κ2) is 3.47. The molecule has 1 aromatic carbocycles. The third kappa shape index (κ3) is 1.80. The zero-order valence-corrected chi connectivity index (χ0v) is 7.32. The number of quaternary nitrogens is 1. The zero-order valence-electron chi connectivity index (χ0n) is 5.80. The fraction of sp³-hybridized carbons (Fsp3) is 0. The van der Waals surface area contributed by atoms with Crippen molar-refractivity contribution in [1.29, 1.82) is 0 Å². The van der Waals surface area contributed by atoms with E-state index in [1.807, 2.05) is 0 Å². The quantitative estimate of drug-likeness (QED) is 0.535. The van der Waals surface area contributed by atoms with Crippen LogP contribution >= 0.6 is 23.2 Å². The first-order valence-corrected chi connectivity index (χ1v) is 3.74. The van der Waals surface area contributed by atoms with Crippen molar-refractivity contribution in [3.05, 3.63) is 32.6 Å². The van der Waals surface area contributed by atoms with Gasteiger partial charge in [0.15, 0.2) is 5.69 Å². The van der Waals surface area contributed by atoms with Crippen molar-refractivity contribution in [2.45, 2.75) is 0 Å². The summed E-state index contributed by atoms with van der Waals surface area (Å²) in [5, 5.41) is 19.8. The second-order valence-electron chi connectivity index (χ2n) is 2.14. The van der Waals surface area contributed by atoms with Gasteiger partial charge >= 0.3 is 0 Å². The van der Waals surface area contributed by atoms with Gasteiger partial charge in [0.2, 0.25) is 0 Å². The average Bonchev–Trinajstić information content (AvgIpc) is 1.96. The maximum absolute atomic E-state index is 10.4. The Morgan fingerprint density at radius 2 is 1.67 bits per heavy atom. The number of nitrogens with one attached hydrogen (secondary N) is 1. The maximum atomic E-state index is 10.4. The highest BCUT2D eigenvalue weighted by atomic mass is 35.5. The summed E-state index contributed by atoms with van der Waals surface area (Å²) >= 11 is 11.1. The SMILES string of the molecule is Nc1cc(Cl)c(Cl)cc1[NH+]([O-])[O-]. The monoisotopic (exact) mass is 207 g/mol. The number of hydrogen-bond acceptors (Lipinski definition) is 3. The summed E-state index contributed by atoms with van der Waals surface area (Å²) in [4.78, 5) is 0. The Hall–Kier alpha value is -0.520. The largest absolute Gasteiger partial charge is 0.628 e. The van der Waals surface area contributed by atoms with Gasteiger partial charge in [0, 0.05) is 6.07 Å². The molecule has 0 radical (unpaired) electrons. The standard InChI is InChI=1S/C6H5Cl2N2O2/c7-3-1-5(9)6(10(11)12)2-4(3)8/h1-2,10H,9H2/q-1. The van der Waals surface area contributed by atoms with Crippen LogP contribution in [0.5, 0.6) is 0 Å². The fourth-order valence-electron chi connectivity index (χ4n) is 0.739. The fourth-order valence-corrected chi connectivity index (χ4v) is 1.07. The molecule has 0 heterocycles. The van der Waals surface area contributed by atoms with Gasteiger partial charge in [-0.05, 0) is 6.07 Å².